The number of amides is 1. The lowest BCUT2D eigenvalue weighted by Crippen LogP contribution is -2.30. The Morgan fingerprint density at radius 2 is 1.96 bits per heavy atom. The smallest absolute Gasteiger partial charge is 0.261 e. The molecule has 0 spiro atoms. The molecule has 0 fully saturated rings. The average molecular weight is 337 g/mol. The zero-order chi connectivity index (χ0) is 18.4. The number of rotatable bonds is 6. The molecule has 1 amide bonds. The van der Waals surface area contributed by atoms with Gasteiger partial charge in [0.2, 0.25) is 0 Å². The van der Waals surface area contributed by atoms with Crippen molar-refractivity contribution in [2.75, 3.05) is 32.1 Å². The molecule has 130 valence electrons. The lowest BCUT2D eigenvalue weighted by Gasteiger charge is -2.13. The van der Waals surface area contributed by atoms with Gasteiger partial charge in [0.25, 0.3) is 5.91 Å². The number of nitrogens with zero attached hydrogens (tertiary/aromatic N) is 2. The van der Waals surface area contributed by atoms with Crippen LogP contribution in [0.3, 0.4) is 0 Å². The number of hydrogen-bond donors (Lipinski definition) is 2. The van der Waals surface area contributed by atoms with Gasteiger partial charge in [0.15, 0.2) is 0 Å². The molecule has 2 rings (SSSR count). The van der Waals surface area contributed by atoms with Crippen LogP contribution in [-0.2, 0) is 4.79 Å². The van der Waals surface area contributed by atoms with Crippen molar-refractivity contribution in [3.8, 4) is 6.07 Å². The maximum Gasteiger partial charge on any atom is 0.261 e. The van der Waals surface area contributed by atoms with Gasteiger partial charge in [0.1, 0.15) is 11.6 Å². The van der Waals surface area contributed by atoms with Crippen LogP contribution in [0.1, 0.15) is 12.5 Å². The summed E-state index contributed by atoms with van der Waals surface area (Å²) in [6.45, 7) is 2.15. The first kappa shape index (κ1) is 18.5. The van der Waals surface area contributed by atoms with E-state index < -0.39 is 5.91 Å². The van der Waals surface area contributed by atoms with E-state index in [1.165, 1.54) is 0 Å². The zero-order valence-corrected chi connectivity index (χ0v) is 14.8. The Kier molecular flexibility index (Phi) is 6.15. The predicted molar refractivity (Wildman–Crippen MR) is 101 cm³/mol. The number of carbonyl (C=O) groups excluding carboxylic acids is 1. The molecule has 0 aliphatic rings. The second-order valence-corrected chi connectivity index (χ2v) is 6.35. The summed E-state index contributed by atoms with van der Waals surface area (Å²) in [6, 6.07) is 13.9. The predicted octanol–water partition coefficient (Wildman–Crippen LogP) is 2.56. The van der Waals surface area contributed by atoms with Gasteiger partial charge >= 0.3 is 0 Å². The van der Waals surface area contributed by atoms with Crippen molar-refractivity contribution in [1.82, 2.24) is 5.32 Å². The molecule has 1 atom stereocenters. The number of hydrogen-bond acceptors (Lipinski definition) is 4. The van der Waals surface area contributed by atoms with Crippen LogP contribution in [0.15, 0.2) is 42.0 Å². The van der Waals surface area contributed by atoms with Crippen molar-refractivity contribution in [2.24, 2.45) is 5.92 Å². The van der Waals surface area contributed by atoms with E-state index in [1.807, 2.05) is 62.3 Å². The van der Waals surface area contributed by atoms with Crippen LogP contribution in [0.5, 0.6) is 0 Å². The van der Waals surface area contributed by atoms with E-state index in [0.717, 1.165) is 22.0 Å². The topological polar surface area (TPSA) is 76.4 Å². The van der Waals surface area contributed by atoms with E-state index in [2.05, 4.69) is 11.4 Å². The molecule has 2 N–H and O–H groups in total. The molecule has 5 nitrogen and oxygen atoms in total. The van der Waals surface area contributed by atoms with Crippen molar-refractivity contribution < 1.29 is 9.90 Å². The summed E-state index contributed by atoms with van der Waals surface area (Å²) in [6.07, 6.45) is 1.58. The van der Waals surface area contributed by atoms with Gasteiger partial charge in [-0.3, -0.25) is 4.79 Å². The van der Waals surface area contributed by atoms with E-state index in [-0.39, 0.29) is 18.1 Å². The molecular formula is C20H23N3O2. The van der Waals surface area contributed by atoms with Gasteiger partial charge in [-0.25, -0.2) is 0 Å². The van der Waals surface area contributed by atoms with Gasteiger partial charge in [-0.1, -0.05) is 25.1 Å². The Labute approximate surface area is 148 Å². The van der Waals surface area contributed by atoms with Crippen molar-refractivity contribution >= 4 is 28.4 Å². The maximum atomic E-state index is 12.1. The van der Waals surface area contributed by atoms with Crippen molar-refractivity contribution in [2.45, 2.75) is 6.92 Å². The SMILES string of the molecule is CC(CO)CNC(=O)C(C#N)=Cc1ccc2cc(N(C)C)ccc2c1. The van der Waals surface area contributed by atoms with Crippen LogP contribution in [0, 0.1) is 17.2 Å². The highest BCUT2D eigenvalue weighted by Gasteiger charge is 2.10. The van der Waals surface area contributed by atoms with Crippen LogP contribution in [0.4, 0.5) is 5.69 Å². The second kappa shape index (κ2) is 8.32. The highest BCUT2D eigenvalue weighted by Crippen LogP contribution is 2.23. The molecule has 25 heavy (non-hydrogen) atoms. The molecule has 0 saturated heterocycles. The molecule has 0 aromatic heterocycles. The normalized spacial score (nSPS) is 12.5. The third-order valence-electron chi connectivity index (χ3n) is 3.96. The first-order chi connectivity index (χ1) is 11.9. The first-order valence-electron chi connectivity index (χ1n) is 8.16. The Hall–Kier alpha value is -2.84. The van der Waals surface area contributed by atoms with Gasteiger partial charge in [-0.15, -0.1) is 0 Å². The number of anilines is 1. The third kappa shape index (κ3) is 4.82. The van der Waals surface area contributed by atoms with Crippen LogP contribution in [-0.4, -0.2) is 38.3 Å². The summed E-state index contributed by atoms with van der Waals surface area (Å²) in [5, 5.41) is 23.1. The summed E-state index contributed by atoms with van der Waals surface area (Å²) < 4.78 is 0. The highest BCUT2D eigenvalue weighted by atomic mass is 16.3. The lowest BCUT2D eigenvalue weighted by atomic mass is 10.0. The van der Waals surface area contributed by atoms with Gasteiger partial charge in [-0.05, 0) is 46.5 Å². The lowest BCUT2D eigenvalue weighted by molar-refractivity contribution is -0.117. The van der Waals surface area contributed by atoms with E-state index in [9.17, 15) is 10.1 Å². The minimum Gasteiger partial charge on any atom is -0.396 e. The molecule has 2 aromatic rings. The molecule has 2 aromatic carbocycles. The van der Waals surface area contributed by atoms with Gasteiger partial charge in [0.05, 0.1) is 0 Å². The number of benzene rings is 2. The number of carbonyl (C=O) groups is 1. The molecule has 0 heterocycles. The molecule has 0 bridgehead atoms. The molecule has 5 heteroatoms. The largest absolute Gasteiger partial charge is 0.396 e. The fraction of sp³-hybridized carbons (Fsp3) is 0.300. The minimum atomic E-state index is -0.425. The summed E-state index contributed by atoms with van der Waals surface area (Å²) >= 11 is 0. The van der Waals surface area contributed by atoms with Crippen molar-refractivity contribution in [3.63, 3.8) is 0 Å². The highest BCUT2D eigenvalue weighted by molar-refractivity contribution is 6.02. The van der Waals surface area contributed by atoms with Crippen molar-refractivity contribution in [1.29, 1.82) is 5.26 Å². The number of aliphatic hydroxyl groups is 1. The number of aliphatic hydroxyl groups excluding tert-OH is 1. The van der Waals surface area contributed by atoms with Crippen LogP contribution < -0.4 is 10.2 Å². The number of nitrogens with one attached hydrogen (secondary N) is 1. The zero-order valence-electron chi connectivity index (χ0n) is 14.8. The standard InChI is InChI=1S/C20H23N3O2/c1-14(13-24)12-22-20(25)18(11-21)9-15-4-5-17-10-19(23(2)3)7-6-16(17)8-15/h4-10,14,24H,12-13H2,1-3H3,(H,22,25). The Morgan fingerprint density at radius 1 is 1.28 bits per heavy atom. The average Bonchev–Trinajstić information content (AvgIpc) is 2.63. The Bertz CT molecular complexity index is 834. The minimum absolute atomic E-state index is 0.00844. The summed E-state index contributed by atoms with van der Waals surface area (Å²) in [5.74, 6) is -0.471. The van der Waals surface area contributed by atoms with Crippen LogP contribution >= 0.6 is 0 Å². The fourth-order valence-corrected chi connectivity index (χ4v) is 2.36. The maximum absolute atomic E-state index is 12.1. The van der Waals surface area contributed by atoms with Crippen LogP contribution in [0.2, 0.25) is 0 Å². The molecule has 0 aliphatic carbocycles. The van der Waals surface area contributed by atoms with E-state index in [0.29, 0.717) is 6.54 Å². The first-order valence-corrected chi connectivity index (χ1v) is 8.16. The molecule has 0 aliphatic heterocycles. The van der Waals surface area contributed by atoms with E-state index >= 15 is 0 Å². The molecular weight excluding hydrogens is 314 g/mol. The van der Waals surface area contributed by atoms with E-state index in [1.54, 1.807) is 6.08 Å². The third-order valence-corrected chi connectivity index (χ3v) is 3.96. The molecule has 1 unspecified atom stereocenters. The Balaban J connectivity index is 2.24. The van der Waals surface area contributed by atoms with Crippen molar-refractivity contribution in [3.05, 3.63) is 47.5 Å². The molecule has 0 saturated carbocycles. The summed E-state index contributed by atoms with van der Waals surface area (Å²) in [5.41, 5.74) is 1.97. The summed E-state index contributed by atoms with van der Waals surface area (Å²) in [4.78, 5) is 14.1. The number of nitriles is 1. The fourth-order valence-electron chi connectivity index (χ4n) is 2.36. The Morgan fingerprint density at radius 3 is 2.60 bits per heavy atom. The second-order valence-electron chi connectivity index (χ2n) is 6.35. The van der Waals surface area contributed by atoms with Gasteiger partial charge in [-0.2, -0.15) is 5.26 Å². The van der Waals surface area contributed by atoms with Crippen LogP contribution in [0.25, 0.3) is 16.8 Å². The van der Waals surface area contributed by atoms with Gasteiger partial charge in [0, 0.05) is 32.9 Å². The summed E-state index contributed by atoms with van der Waals surface area (Å²) in [7, 11) is 3.99. The number of fused-ring (bicyclic) bond motifs is 1. The van der Waals surface area contributed by atoms with E-state index in [4.69, 9.17) is 5.11 Å². The quantitative estimate of drug-likeness (QED) is 0.627. The molecule has 0 radical (unpaired) electrons. The van der Waals surface area contributed by atoms with Gasteiger partial charge < -0.3 is 15.3 Å². The monoisotopic (exact) mass is 337 g/mol.